The number of aryl methyl sites for hydroxylation is 3. The van der Waals surface area contributed by atoms with Gasteiger partial charge in [-0.15, -0.1) is 0 Å². The molecule has 0 aromatic carbocycles. The minimum atomic E-state index is -0.110. The Hall–Kier alpha value is -2.96. The van der Waals surface area contributed by atoms with E-state index in [1.54, 1.807) is 4.68 Å². The van der Waals surface area contributed by atoms with Crippen molar-refractivity contribution in [2.45, 2.75) is 33.2 Å². The Morgan fingerprint density at radius 3 is 2.78 bits per heavy atom. The quantitative estimate of drug-likeness (QED) is 0.770. The van der Waals surface area contributed by atoms with Gasteiger partial charge in [-0.1, -0.05) is 0 Å². The average molecular weight is 364 g/mol. The minimum Gasteiger partial charge on any atom is -0.357 e. The van der Waals surface area contributed by atoms with Crippen LogP contribution in [-0.4, -0.2) is 38.7 Å². The van der Waals surface area contributed by atoms with Gasteiger partial charge in [-0.25, -0.2) is 9.97 Å². The second-order valence-corrected chi connectivity index (χ2v) is 7.12. The maximum Gasteiger partial charge on any atom is 0.252 e. The number of aromatic nitrogens is 4. The highest BCUT2D eigenvalue weighted by Gasteiger charge is 2.18. The molecule has 1 aliphatic rings. The van der Waals surface area contributed by atoms with Crippen molar-refractivity contribution in [3.05, 3.63) is 46.9 Å². The normalized spacial score (nSPS) is 14.1. The molecule has 7 nitrogen and oxygen atoms in total. The summed E-state index contributed by atoms with van der Waals surface area (Å²) in [6.45, 7) is 6.37. The lowest BCUT2D eigenvalue weighted by atomic mass is 10.1. The summed E-state index contributed by atoms with van der Waals surface area (Å²) in [7, 11) is 1.85. The third kappa shape index (κ3) is 3.37. The highest BCUT2D eigenvalue weighted by Crippen LogP contribution is 2.22. The first-order chi connectivity index (χ1) is 13.0. The standard InChI is InChI=1S/C20H24N6O/c1-13-10-16(18-14(2)24-25(3)19(18)23-13)20(27)22-12-15-6-7-21-17(11-15)26-8-4-5-9-26/h6-7,10-11H,4-5,8-9,12H2,1-3H3,(H,22,27). The van der Waals surface area contributed by atoms with Crippen molar-refractivity contribution in [3.8, 4) is 0 Å². The van der Waals surface area contributed by atoms with Crippen LogP contribution in [0.2, 0.25) is 0 Å². The van der Waals surface area contributed by atoms with Crippen LogP contribution in [0, 0.1) is 13.8 Å². The molecule has 27 heavy (non-hydrogen) atoms. The van der Waals surface area contributed by atoms with Crippen molar-refractivity contribution in [1.29, 1.82) is 0 Å². The molecule has 1 fully saturated rings. The third-order valence-corrected chi connectivity index (χ3v) is 5.03. The number of pyridine rings is 2. The van der Waals surface area contributed by atoms with Gasteiger partial charge in [-0.2, -0.15) is 5.10 Å². The maximum atomic E-state index is 12.9. The van der Waals surface area contributed by atoms with Crippen LogP contribution in [0.1, 0.15) is 40.2 Å². The number of anilines is 1. The van der Waals surface area contributed by atoms with Gasteiger partial charge in [-0.3, -0.25) is 9.48 Å². The van der Waals surface area contributed by atoms with Gasteiger partial charge in [-0.05, 0) is 50.5 Å². The predicted octanol–water partition coefficient (Wildman–Crippen LogP) is 2.51. The van der Waals surface area contributed by atoms with Gasteiger partial charge in [0, 0.05) is 38.6 Å². The van der Waals surface area contributed by atoms with E-state index in [-0.39, 0.29) is 5.91 Å². The van der Waals surface area contributed by atoms with Crippen molar-refractivity contribution in [3.63, 3.8) is 0 Å². The van der Waals surface area contributed by atoms with Crippen LogP contribution in [0.5, 0.6) is 0 Å². The maximum absolute atomic E-state index is 12.9. The Morgan fingerprint density at radius 1 is 1.22 bits per heavy atom. The summed E-state index contributed by atoms with van der Waals surface area (Å²) < 4.78 is 1.72. The van der Waals surface area contributed by atoms with E-state index in [2.05, 4.69) is 31.3 Å². The lowest BCUT2D eigenvalue weighted by Gasteiger charge is -2.17. The molecule has 4 rings (SSSR count). The molecular weight excluding hydrogens is 340 g/mol. The number of nitrogens with zero attached hydrogens (tertiary/aromatic N) is 5. The molecule has 0 unspecified atom stereocenters. The molecule has 4 heterocycles. The van der Waals surface area contributed by atoms with Crippen LogP contribution >= 0.6 is 0 Å². The number of fused-ring (bicyclic) bond motifs is 1. The number of hydrogen-bond acceptors (Lipinski definition) is 5. The van der Waals surface area contributed by atoms with Crippen molar-refractivity contribution in [1.82, 2.24) is 25.1 Å². The van der Waals surface area contributed by atoms with Crippen LogP contribution in [-0.2, 0) is 13.6 Å². The first-order valence-corrected chi connectivity index (χ1v) is 9.32. The Bertz CT molecular complexity index is 1000. The fraction of sp³-hybridized carbons (Fsp3) is 0.400. The molecule has 0 radical (unpaired) electrons. The smallest absolute Gasteiger partial charge is 0.252 e. The molecule has 1 amide bonds. The molecule has 3 aromatic rings. The number of amides is 1. The van der Waals surface area contributed by atoms with E-state index in [1.807, 2.05) is 39.2 Å². The highest BCUT2D eigenvalue weighted by molar-refractivity contribution is 6.06. The summed E-state index contributed by atoms with van der Waals surface area (Å²) in [6.07, 6.45) is 4.24. The molecular formula is C20H24N6O. The summed E-state index contributed by atoms with van der Waals surface area (Å²) in [5, 5.41) is 8.26. The topological polar surface area (TPSA) is 75.9 Å². The average Bonchev–Trinajstić information content (AvgIpc) is 3.28. The summed E-state index contributed by atoms with van der Waals surface area (Å²) in [5.74, 6) is 0.880. The SMILES string of the molecule is Cc1cc(C(=O)NCc2ccnc(N3CCCC3)c2)c2c(C)nn(C)c2n1. The van der Waals surface area contributed by atoms with E-state index in [0.717, 1.165) is 46.9 Å². The van der Waals surface area contributed by atoms with Crippen molar-refractivity contribution >= 4 is 22.8 Å². The van der Waals surface area contributed by atoms with Crippen LogP contribution in [0.3, 0.4) is 0 Å². The monoisotopic (exact) mass is 364 g/mol. The predicted molar refractivity (Wildman–Crippen MR) is 105 cm³/mol. The minimum absolute atomic E-state index is 0.110. The van der Waals surface area contributed by atoms with E-state index < -0.39 is 0 Å². The molecule has 7 heteroatoms. The third-order valence-electron chi connectivity index (χ3n) is 5.03. The number of rotatable bonds is 4. The van der Waals surface area contributed by atoms with Crippen molar-refractivity contribution < 1.29 is 4.79 Å². The molecule has 0 atom stereocenters. The zero-order chi connectivity index (χ0) is 19.0. The molecule has 0 bridgehead atoms. The summed E-state index contributed by atoms with van der Waals surface area (Å²) in [5.41, 5.74) is 4.02. The molecule has 0 spiro atoms. The van der Waals surface area contributed by atoms with Gasteiger partial charge >= 0.3 is 0 Å². The van der Waals surface area contributed by atoms with Crippen LogP contribution in [0.4, 0.5) is 5.82 Å². The van der Waals surface area contributed by atoms with E-state index >= 15 is 0 Å². The van der Waals surface area contributed by atoms with E-state index in [0.29, 0.717) is 12.1 Å². The molecule has 0 saturated carbocycles. The molecule has 0 aliphatic carbocycles. The van der Waals surface area contributed by atoms with E-state index in [9.17, 15) is 4.79 Å². The molecule has 140 valence electrons. The fourth-order valence-electron chi connectivity index (χ4n) is 3.72. The van der Waals surface area contributed by atoms with Gasteiger partial charge in [0.15, 0.2) is 5.65 Å². The Kier molecular flexibility index (Phi) is 4.51. The molecule has 3 aromatic heterocycles. The van der Waals surface area contributed by atoms with Gasteiger partial charge in [0.25, 0.3) is 5.91 Å². The molecule has 1 saturated heterocycles. The Balaban J connectivity index is 1.55. The first-order valence-electron chi connectivity index (χ1n) is 9.32. The zero-order valence-electron chi connectivity index (χ0n) is 16.0. The van der Waals surface area contributed by atoms with E-state index in [1.165, 1.54) is 12.8 Å². The molecule has 1 N–H and O–H groups in total. The summed E-state index contributed by atoms with van der Waals surface area (Å²) >= 11 is 0. The Labute approximate surface area is 158 Å². The van der Waals surface area contributed by atoms with Crippen molar-refractivity contribution in [2.24, 2.45) is 7.05 Å². The van der Waals surface area contributed by atoms with Crippen LogP contribution < -0.4 is 10.2 Å². The van der Waals surface area contributed by atoms with Gasteiger partial charge in [0.1, 0.15) is 5.82 Å². The number of carbonyl (C=O) groups is 1. The van der Waals surface area contributed by atoms with Gasteiger partial charge in [0.2, 0.25) is 0 Å². The Morgan fingerprint density at radius 2 is 2.00 bits per heavy atom. The number of carbonyl (C=O) groups excluding carboxylic acids is 1. The number of hydrogen-bond donors (Lipinski definition) is 1. The second kappa shape index (κ2) is 6.98. The van der Waals surface area contributed by atoms with Crippen LogP contribution in [0.15, 0.2) is 24.4 Å². The number of nitrogens with one attached hydrogen (secondary N) is 1. The largest absolute Gasteiger partial charge is 0.357 e. The lowest BCUT2D eigenvalue weighted by Crippen LogP contribution is -2.24. The van der Waals surface area contributed by atoms with Gasteiger partial charge in [0.05, 0.1) is 16.6 Å². The van der Waals surface area contributed by atoms with Gasteiger partial charge < -0.3 is 10.2 Å². The van der Waals surface area contributed by atoms with Crippen molar-refractivity contribution in [2.75, 3.05) is 18.0 Å². The second-order valence-electron chi connectivity index (χ2n) is 7.12. The summed E-state index contributed by atoms with van der Waals surface area (Å²) in [4.78, 5) is 24.2. The zero-order valence-corrected chi connectivity index (χ0v) is 16.0. The van der Waals surface area contributed by atoms with Crippen LogP contribution in [0.25, 0.3) is 11.0 Å². The highest BCUT2D eigenvalue weighted by atomic mass is 16.1. The fourth-order valence-corrected chi connectivity index (χ4v) is 3.72. The first kappa shape index (κ1) is 17.5. The molecule has 1 aliphatic heterocycles. The lowest BCUT2D eigenvalue weighted by molar-refractivity contribution is 0.0952. The summed E-state index contributed by atoms with van der Waals surface area (Å²) in [6, 6.07) is 5.84. The van der Waals surface area contributed by atoms with E-state index in [4.69, 9.17) is 0 Å².